The van der Waals surface area contributed by atoms with E-state index < -0.39 is 0 Å². The highest BCUT2D eigenvalue weighted by molar-refractivity contribution is 6.07. The van der Waals surface area contributed by atoms with E-state index in [9.17, 15) is 9.90 Å². The second-order valence-electron chi connectivity index (χ2n) is 5.09. The van der Waals surface area contributed by atoms with Crippen LogP contribution in [-0.2, 0) is 13.7 Å². The lowest BCUT2D eigenvalue weighted by atomic mass is 9.97. The van der Waals surface area contributed by atoms with Crippen molar-refractivity contribution >= 4 is 5.78 Å². The number of carbonyl (C=O) groups is 1. The van der Waals surface area contributed by atoms with Crippen molar-refractivity contribution in [1.82, 2.24) is 9.55 Å². The number of aliphatic hydroxyl groups is 1. The van der Waals surface area contributed by atoms with Crippen molar-refractivity contribution < 1.29 is 9.90 Å². The molecule has 0 saturated heterocycles. The Morgan fingerprint density at radius 1 is 1.18 bits per heavy atom. The molecule has 0 atom stereocenters. The van der Waals surface area contributed by atoms with Crippen molar-refractivity contribution in [3.05, 3.63) is 77.9 Å². The maximum Gasteiger partial charge on any atom is 0.228 e. The first-order valence-electron chi connectivity index (χ1n) is 7.02. The normalized spacial score (nSPS) is 10.6. The van der Waals surface area contributed by atoms with Gasteiger partial charge in [-0.3, -0.25) is 4.79 Å². The Hall–Kier alpha value is -2.72. The van der Waals surface area contributed by atoms with Gasteiger partial charge in [-0.05, 0) is 22.8 Å². The van der Waals surface area contributed by atoms with Gasteiger partial charge >= 0.3 is 0 Å². The lowest BCUT2D eigenvalue weighted by molar-refractivity contribution is 0.102. The van der Waals surface area contributed by atoms with Gasteiger partial charge in [-0.15, -0.1) is 0 Å². The Morgan fingerprint density at radius 2 is 2.00 bits per heavy atom. The number of hydrogen-bond acceptors (Lipinski definition) is 3. The molecule has 0 aliphatic carbocycles. The minimum absolute atomic E-state index is 0.0340. The number of carbonyl (C=O) groups excluding carboxylic acids is 1. The molecule has 3 aromatic rings. The third kappa shape index (κ3) is 2.56. The summed E-state index contributed by atoms with van der Waals surface area (Å²) in [4.78, 5) is 16.6. The van der Waals surface area contributed by atoms with E-state index in [1.165, 1.54) is 0 Å². The smallest absolute Gasteiger partial charge is 0.228 e. The minimum Gasteiger partial charge on any atom is -0.392 e. The Bertz CT molecular complexity index is 821. The molecule has 3 rings (SSSR count). The van der Waals surface area contributed by atoms with Gasteiger partial charge in [-0.25, -0.2) is 4.98 Å². The van der Waals surface area contributed by atoms with Crippen molar-refractivity contribution in [1.29, 1.82) is 0 Å². The van der Waals surface area contributed by atoms with E-state index in [0.717, 1.165) is 16.7 Å². The van der Waals surface area contributed by atoms with Gasteiger partial charge in [0.25, 0.3) is 0 Å². The fourth-order valence-electron chi connectivity index (χ4n) is 2.48. The van der Waals surface area contributed by atoms with Gasteiger partial charge in [0.2, 0.25) is 5.78 Å². The highest BCUT2D eigenvalue weighted by Gasteiger charge is 2.14. The molecule has 0 bridgehead atoms. The van der Waals surface area contributed by atoms with Crippen LogP contribution in [0.5, 0.6) is 0 Å². The summed E-state index contributed by atoms with van der Waals surface area (Å²) >= 11 is 0. The van der Waals surface area contributed by atoms with Gasteiger partial charge in [-0.2, -0.15) is 0 Å². The second-order valence-corrected chi connectivity index (χ2v) is 5.09. The number of aromatic nitrogens is 2. The molecule has 4 nitrogen and oxygen atoms in total. The van der Waals surface area contributed by atoms with Crippen LogP contribution in [0.25, 0.3) is 11.1 Å². The average molecular weight is 292 g/mol. The molecule has 0 radical (unpaired) electrons. The predicted molar refractivity (Wildman–Crippen MR) is 84.4 cm³/mol. The molecule has 0 aliphatic heterocycles. The molecule has 4 heteroatoms. The average Bonchev–Trinajstić information content (AvgIpc) is 3.00. The monoisotopic (exact) mass is 292 g/mol. The summed E-state index contributed by atoms with van der Waals surface area (Å²) in [7, 11) is 1.80. The molecule has 0 unspecified atom stereocenters. The first-order valence-corrected chi connectivity index (χ1v) is 7.02. The van der Waals surface area contributed by atoms with Gasteiger partial charge in [0.05, 0.1) is 6.61 Å². The molecule has 2 aromatic carbocycles. The Kier molecular flexibility index (Phi) is 3.85. The van der Waals surface area contributed by atoms with Crippen LogP contribution < -0.4 is 0 Å². The number of imidazole rings is 1. The van der Waals surface area contributed by atoms with Crippen molar-refractivity contribution in [2.75, 3.05) is 0 Å². The molecular weight excluding hydrogens is 276 g/mol. The van der Waals surface area contributed by atoms with E-state index in [2.05, 4.69) is 4.98 Å². The lowest BCUT2D eigenvalue weighted by Crippen LogP contribution is -2.08. The maximum atomic E-state index is 12.5. The van der Waals surface area contributed by atoms with Gasteiger partial charge in [0.1, 0.15) is 0 Å². The second kappa shape index (κ2) is 5.95. The van der Waals surface area contributed by atoms with E-state index >= 15 is 0 Å². The van der Waals surface area contributed by atoms with E-state index in [1.807, 2.05) is 42.5 Å². The molecule has 0 amide bonds. The van der Waals surface area contributed by atoms with Crippen molar-refractivity contribution in [3.8, 4) is 11.1 Å². The summed E-state index contributed by atoms with van der Waals surface area (Å²) in [5.74, 6) is 0.295. The van der Waals surface area contributed by atoms with Crippen molar-refractivity contribution in [3.63, 3.8) is 0 Å². The number of benzene rings is 2. The van der Waals surface area contributed by atoms with Gasteiger partial charge in [0.15, 0.2) is 5.82 Å². The molecule has 1 aromatic heterocycles. The van der Waals surface area contributed by atoms with E-state index in [0.29, 0.717) is 11.4 Å². The zero-order valence-electron chi connectivity index (χ0n) is 12.2. The topological polar surface area (TPSA) is 55.1 Å². The summed E-state index contributed by atoms with van der Waals surface area (Å²) in [5.41, 5.74) is 3.26. The molecule has 1 heterocycles. The molecule has 0 aliphatic rings. The van der Waals surface area contributed by atoms with Crippen LogP contribution in [0.2, 0.25) is 0 Å². The number of hydrogen-bond donors (Lipinski definition) is 1. The highest BCUT2D eigenvalue weighted by Crippen LogP contribution is 2.25. The Balaban J connectivity index is 2.03. The zero-order valence-corrected chi connectivity index (χ0v) is 12.2. The summed E-state index contributed by atoms with van der Waals surface area (Å²) in [6.07, 6.45) is 3.36. The fraction of sp³-hybridized carbons (Fsp3) is 0.111. The fourth-order valence-corrected chi connectivity index (χ4v) is 2.48. The molecule has 22 heavy (non-hydrogen) atoms. The third-order valence-electron chi connectivity index (χ3n) is 3.65. The molecular formula is C18H16N2O2. The van der Waals surface area contributed by atoms with Crippen LogP contribution in [0.3, 0.4) is 0 Å². The van der Waals surface area contributed by atoms with Crippen LogP contribution in [0, 0.1) is 0 Å². The van der Waals surface area contributed by atoms with Crippen LogP contribution in [0.4, 0.5) is 0 Å². The highest BCUT2D eigenvalue weighted by atomic mass is 16.3. The van der Waals surface area contributed by atoms with Crippen LogP contribution in [0.15, 0.2) is 60.9 Å². The van der Waals surface area contributed by atoms with Gasteiger partial charge in [0, 0.05) is 25.0 Å². The molecule has 0 spiro atoms. The largest absolute Gasteiger partial charge is 0.392 e. The van der Waals surface area contributed by atoms with Gasteiger partial charge in [-0.1, -0.05) is 42.5 Å². The summed E-state index contributed by atoms with van der Waals surface area (Å²) in [5, 5.41) is 9.46. The van der Waals surface area contributed by atoms with Crippen molar-refractivity contribution in [2.24, 2.45) is 7.05 Å². The van der Waals surface area contributed by atoms with Gasteiger partial charge < -0.3 is 9.67 Å². The maximum absolute atomic E-state index is 12.5. The summed E-state index contributed by atoms with van der Waals surface area (Å²) in [6.45, 7) is -0.0340. The number of ketones is 1. The third-order valence-corrected chi connectivity index (χ3v) is 3.65. The lowest BCUT2D eigenvalue weighted by Gasteiger charge is -2.09. The summed E-state index contributed by atoms with van der Waals surface area (Å²) < 4.78 is 1.71. The van der Waals surface area contributed by atoms with Crippen LogP contribution >= 0.6 is 0 Å². The van der Waals surface area contributed by atoms with E-state index in [1.54, 1.807) is 30.1 Å². The SMILES string of the molecule is Cn1ccnc1C(=O)c1cccc(-c2ccccc2CO)c1. The molecule has 110 valence electrons. The molecule has 0 saturated carbocycles. The standard InChI is InChI=1S/C18H16N2O2/c1-20-10-9-19-18(20)17(22)14-7-4-6-13(11-14)16-8-3-2-5-15(16)12-21/h2-11,21H,12H2,1H3. The van der Waals surface area contributed by atoms with Crippen molar-refractivity contribution in [2.45, 2.75) is 6.61 Å². The number of aryl methyl sites for hydroxylation is 1. The summed E-state index contributed by atoms with van der Waals surface area (Å²) in [6, 6.07) is 15.0. The number of nitrogens with zero attached hydrogens (tertiary/aromatic N) is 2. The van der Waals surface area contributed by atoms with Crippen LogP contribution in [0.1, 0.15) is 21.7 Å². The first kappa shape index (κ1) is 14.2. The molecule has 1 N–H and O–H groups in total. The van der Waals surface area contributed by atoms with E-state index in [-0.39, 0.29) is 12.4 Å². The predicted octanol–water partition coefficient (Wildman–Crippen LogP) is 2.81. The Labute approximate surface area is 128 Å². The number of rotatable bonds is 4. The Morgan fingerprint density at radius 3 is 2.73 bits per heavy atom. The zero-order chi connectivity index (χ0) is 15.5. The number of aliphatic hydroxyl groups excluding tert-OH is 1. The first-order chi connectivity index (χ1) is 10.7. The molecule has 0 fully saturated rings. The minimum atomic E-state index is -0.115. The quantitative estimate of drug-likeness (QED) is 0.752. The van der Waals surface area contributed by atoms with Crippen LogP contribution in [-0.4, -0.2) is 20.4 Å². The van der Waals surface area contributed by atoms with E-state index in [4.69, 9.17) is 0 Å².